The zero-order valence-electron chi connectivity index (χ0n) is 10.2. The van der Waals surface area contributed by atoms with Crippen molar-refractivity contribution in [3.8, 4) is 6.07 Å². The molecule has 0 radical (unpaired) electrons. The van der Waals surface area contributed by atoms with Gasteiger partial charge in [-0.05, 0) is 12.1 Å². The van der Waals surface area contributed by atoms with E-state index in [1.54, 1.807) is 6.07 Å². The minimum absolute atomic E-state index is 0.00932. The Morgan fingerprint density at radius 2 is 2.21 bits per heavy atom. The van der Waals surface area contributed by atoms with Crippen LogP contribution in [0.4, 0.5) is 0 Å². The number of para-hydroxylation sites is 2. The number of nitrogens with one attached hydrogen (secondary N) is 1. The van der Waals surface area contributed by atoms with E-state index in [9.17, 15) is 9.59 Å². The Morgan fingerprint density at radius 3 is 2.84 bits per heavy atom. The van der Waals surface area contributed by atoms with Crippen molar-refractivity contribution in [3.63, 3.8) is 0 Å². The normalized spacial score (nSPS) is 12.0. The van der Waals surface area contributed by atoms with Crippen LogP contribution in [0.1, 0.15) is 18.7 Å². The largest absolute Gasteiger partial charge is 0.340 e. The molecule has 1 heterocycles. The maximum absolute atomic E-state index is 11.9. The Morgan fingerprint density at radius 1 is 1.47 bits per heavy atom. The van der Waals surface area contributed by atoms with Gasteiger partial charge in [-0.1, -0.05) is 23.9 Å². The molecule has 1 atom stereocenters. The number of hydrogen-bond acceptors (Lipinski definition) is 5. The van der Waals surface area contributed by atoms with Crippen molar-refractivity contribution in [2.45, 2.75) is 12.8 Å². The number of ketones is 1. The van der Waals surface area contributed by atoms with E-state index < -0.39 is 5.92 Å². The van der Waals surface area contributed by atoms with Crippen LogP contribution in [0, 0.1) is 11.3 Å². The van der Waals surface area contributed by atoms with E-state index in [1.807, 2.05) is 24.3 Å². The summed E-state index contributed by atoms with van der Waals surface area (Å²) < 4.78 is 0. The smallest absolute Gasteiger partial charge is 0.186 e. The summed E-state index contributed by atoms with van der Waals surface area (Å²) in [5.74, 6) is -0.955. The van der Waals surface area contributed by atoms with Crippen LogP contribution in [0.2, 0.25) is 0 Å². The van der Waals surface area contributed by atoms with Gasteiger partial charge in [-0.25, -0.2) is 4.98 Å². The molecule has 0 saturated carbocycles. The number of rotatable bonds is 4. The summed E-state index contributed by atoms with van der Waals surface area (Å²) in [6, 6.07) is 9.25. The van der Waals surface area contributed by atoms with Crippen LogP contribution in [-0.2, 0) is 9.59 Å². The summed E-state index contributed by atoms with van der Waals surface area (Å²) in [6.07, 6.45) is 0. The third-order valence-corrected chi connectivity index (χ3v) is 3.39. The van der Waals surface area contributed by atoms with Crippen molar-refractivity contribution in [1.29, 1.82) is 5.26 Å². The molecular formula is C13H11N3O2S. The molecule has 0 fully saturated rings. The molecule has 1 aromatic carbocycles. The van der Waals surface area contributed by atoms with Gasteiger partial charge >= 0.3 is 0 Å². The third-order valence-electron chi connectivity index (χ3n) is 2.55. The molecule has 0 unspecified atom stereocenters. The number of imidazole rings is 1. The highest BCUT2D eigenvalue weighted by atomic mass is 32.2. The molecule has 1 aromatic heterocycles. The summed E-state index contributed by atoms with van der Waals surface area (Å²) >= 11 is 0.903. The Bertz CT molecular complexity index is 639. The summed E-state index contributed by atoms with van der Waals surface area (Å²) in [7, 11) is 0. The zero-order valence-corrected chi connectivity index (χ0v) is 11.0. The number of nitriles is 1. The van der Waals surface area contributed by atoms with Crippen molar-refractivity contribution >= 4 is 33.7 Å². The summed E-state index contributed by atoms with van der Waals surface area (Å²) in [5, 5.41) is 8.97. The van der Waals surface area contributed by atoms with Crippen molar-refractivity contribution in [2.75, 3.05) is 5.75 Å². The fourth-order valence-electron chi connectivity index (χ4n) is 1.65. The Balaban J connectivity index is 2.24. The monoisotopic (exact) mass is 273 g/mol. The van der Waals surface area contributed by atoms with E-state index in [2.05, 4.69) is 9.97 Å². The van der Waals surface area contributed by atoms with Crippen LogP contribution < -0.4 is 0 Å². The van der Waals surface area contributed by atoms with Crippen LogP contribution in [0.5, 0.6) is 0 Å². The second kappa shape index (κ2) is 5.67. The SMILES string of the molecule is CC(=O)SCC(=O)[C@@H](C#N)c1nc2ccccc2[nH]1. The first kappa shape index (κ1) is 13.3. The number of nitrogens with zero attached hydrogens (tertiary/aromatic N) is 2. The molecule has 1 N–H and O–H groups in total. The fourth-order valence-corrected chi connectivity index (χ4v) is 2.16. The van der Waals surface area contributed by atoms with Crippen molar-refractivity contribution in [3.05, 3.63) is 30.1 Å². The molecular weight excluding hydrogens is 262 g/mol. The maximum Gasteiger partial charge on any atom is 0.186 e. The number of benzene rings is 1. The maximum atomic E-state index is 11.9. The number of Topliss-reactive ketones (excluding diaryl/α,β-unsaturated/α-hetero) is 1. The van der Waals surface area contributed by atoms with Crippen molar-refractivity contribution < 1.29 is 9.59 Å². The number of carbonyl (C=O) groups excluding carboxylic acids is 2. The second-order valence-corrected chi connectivity index (χ2v) is 5.10. The molecule has 0 spiro atoms. The van der Waals surface area contributed by atoms with Gasteiger partial charge in [-0.15, -0.1) is 0 Å². The van der Waals surface area contributed by atoms with Crippen molar-refractivity contribution in [1.82, 2.24) is 9.97 Å². The van der Waals surface area contributed by atoms with Gasteiger partial charge in [0.05, 0.1) is 22.9 Å². The van der Waals surface area contributed by atoms with Gasteiger partial charge in [-0.2, -0.15) is 5.26 Å². The minimum atomic E-state index is -0.959. The van der Waals surface area contributed by atoms with Gasteiger partial charge in [0, 0.05) is 6.92 Å². The lowest BCUT2D eigenvalue weighted by Crippen LogP contribution is -2.15. The van der Waals surface area contributed by atoms with Crippen LogP contribution in [0.25, 0.3) is 11.0 Å². The predicted octanol–water partition coefficient (Wildman–Crippen LogP) is 2.02. The number of carbonyl (C=O) groups is 2. The Hall–Kier alpha value is -2.13. The fraction of sp³-hybridized carbons (Fsp3) is 0.231. The summed E-state index contributed by atoms with van der Waals surface area (Å²) in [5.41, 5.74) is 1.49. The minimum Gasteiger partial charge on any atom is -0.340 e. The van der Waals surface area contributed by atoms with Gasteiger partial charge in [0.2, 0.25) is 0 Å². The first-order valence-electron chi connectivity index (χ1n) is 5.62. The quantitative estimate of drug-likeness (QED) is 0.920. The van der Waals surface area contributed by atoms with E-state index in [1.165, 1.54) is 6.92 Å². The van der Waals surface area contributed by atoms with E-state index in [4.69, 9.17) is 5.26 Å². The molecule has 19 heavy (non-hydrogen) atoms. The number of aromatic amines is 1. The van der Waals surface area contributed by atoms with Crippen molar-refractivity contribution in [2.24, 2.45) is 0 Å². The highest BCUT2D eigenvalue weighted by Crippen LogP contribution is 2.19. The number of hydrogen-bond donors (Lipinski definition) is 1. The van der Waals surface area contributed by atoms with Crippen LogP contribution in [0.3, 0.4) is 0 Å². The average Bonchev–Trinajstić information content (AvgIpc) is 2.80. The van der Waals surface area contributed by atoms with Crippen LogP contribution in [0.15, 0.2) is 24.3 Å². The molecule has 5 nitrogen and oxygen atoms in total. The van der Waals surface area contributed by atoms with Gasteiger partial charge in [-0.3, -0.25) is 9.59 Å². The van der Waals surface area contributed by atoms with E-state index in [-0.39, 0.29) is 16.7 Å². The molecule has 0 aliphatic carbocycles. The number of thioether (sulfide) groups is 1. The molecule has 2 aromatic rings. The highest BCUT2D eigenvalue weighted by Gasteiger charge is 2.23. The summed E-state index contributed by atoms with van der Waals surface area (Å²) in [6.45, 7) is 1.39. The molecule has 96 valence electrons. The molecule has 0 bridgehead atoms. The predicted molar refractivity (Wildman–Crippen MR) is 72.6 cm³/mol. The van der Waals surface area contributed by atoms with Gasteiger partial charge in [0.25, 0.3) is 0 Å². The molecule has 6 heteroatoms. The van der Waals surface area contributed by atoms with Gasteiger partial charge in [0.1, 0.15) is 5.82 Å². The van der Waals surface area contributed by atoms with Gasteiger partial charge in [0.15, 0.2) is 16.8 Å². The lowest BCUT2D eigenvalue weighted by Gasteiger charge is -2.03. The molecule has 0 aliphatic rings. The van der Waals surface area contributed by atoms with Crippen LogP contribution in [-0.4, -0.2) is 26.6 Å². The standard InChI is InChI=1S/C13H11N3O2S/c1-8(17)19-7-12(18)9(6-14)13-15-10-4-2-3-5-11(10)16-13/h2-5,9H,7H2,1H3,(H,15,16)/t9-/m1/s1. The van der Waals surface area contributed by atoms with Crippen LogP contribution >= 0.6 is 11.8 Å². The Kier molecular flexibility index (Phi) is 3.97. The van der Waals surface area contributed by atoms with E-state index in [0.717, 1.165) is 17.3 Å². The first-order chi connectivity index (χ1) is 9.11. The average molecular weight is 273 g/mol. The second-order valence-electron chi connectivity index (χ2n) is 3.95. The first-order valence-corrected chi connectivity index (χ1v) is 6.60. The third kappa shape index (κ3) is 3.01. The lowest BCUT2D eigenvalue weighted by atomic mass is 10.1. The molecule has 0 aliphatic heterocycles. The van der Waals surface area contributed by atoms with Gasteiger partial charge < -0.3 is 4.98 Å². The molecule has 2 rings (SSSR count). The number of aromatic nitrogens is 2. The highest BCUT2D eigenvalue weighted by molar-refractivity contribution is 8.14. The lowest BCUT2D eigenvalue weighted by molar-refractivity contribution is -0.117. The number of H-pyrrole nitrogens is 1. The molecule has 0 saturated heterocycles. The van der Waals surface area contributed by atoms with E-state index >= 15 is 0 Å². The summed E-state index contributed by atoms with van der Waals surface area (Å²) in [4.78, 5) is 29.9. The topological polar surface area (TPSA) is 86.6 Å². The zero-order chi connectivity index (χ0) is 13.8. The Labute approximate surface area is 114 Å². The molecule has 0 amide bonds. The number of fused-ring (bicyclic) bond motifs is 1. The van der Waals surface area contributed by atoms with E-state index in [0.29, 0.717) is 11.3 Å².